The monoisotopic (exact) mass is 190 g/mol. The average Bonchev–Trinajstić information content (AvgIpc) is 2.15. The third-order valence-corrected chi connectivity index (χ3v) is 2.07. The van der Waals surface area contributed by atoms with E-state index in [9.17, 15) is 10.1 Å². The third-order valence-electron chi connectivity index (χ3n) is 2.07. The third kappa shape index (κ3) is 1.72. The molecular weight excluding hydrogens is 180 g/mol. The summed E-state index contributed by atoms with van der Waals surface area (Å²) < 4.78 is 0. The SMILES string of the molecule is CCc1cc(C)c([N+](=O)[O-])c(C#N)c1. The summed E-state index contributed by atoms with van der Waals surface area (Å²) in [4.78, 5) is 10.1. The van der Waals surface area contributed by atoms with E-state index in [1.54, 1.807) is 19.1 Å². The highest BCUT2D eigenvalue weighted by Gasteiger charge is 2.17. The number of aryl methyl sites for hydroxylation is 2. The molecule has 1 rings (SSSR count). The molecule has 1 aromatic carbocycles. The van der Waals surface area contributed by atoms with Gasteiger partial charge >= 0.3 is 0 Å². The lowest BCUT2D eigenvalue weighted by Crippen LogP contribution is -1.97. The fourth-order valence-corrected chi connectivity index (χ4v) is 1.39. The Kier molecular flexibility index (Phi) is 2.82. The van der Waals surface area contributed by atoms with Crippen LogP contribution < -0.4 is 0 Å². The summed E-state index contributed by atoms with van der Waals surface area (Å²) in [6.45, 7) is 3.60. The van der Waals surface area contributed by atoms with Crippen molar-refractivity contribution in [2.45, 2.75) is 20.3 Å². The molecular formula is C10H10N2O2. The van der Waals surface area contributed by atoms with Crippen LogP contribution in [0.1, 0.15) is 23.6 Å². The van der Waals surface area contributed by atoms with Gasteiger partial charge in [0.2, 0.25) is 0 Å². The molecule has 72 valence electrons. The topological polar surface area (TPSA) is 66.9 Å². The quantitative estimate of drug-likeness (QED) is 0.531. The molecule has 0 aliphatic heterocycles. The number of nitrogens with zero attached hydrogens (tertiary/aromatic N) is 2. The Balaban J connectivity index is 3.44. The van der Waals surface area contributed by atoms with Crippen LogP contribution in [0.3, 0.4) is 0 Å². The summed E-state index contributed by atoms with van der Waals surface area (Å²) in [5, 5.41) is 19.4. The first-order valence-electron chi connectivity index (χ1n) is 4.28. The minimum atomic E-state index is -0.507. The molecule has 0 spiro atoms. The summed E-state index contributed by atoms with van der Waals surface area (Å²) in [5.74, 6) is 0. The van der Waals surface area contributed by atoms with Gasteiger partial charge in [-0.2, -0.15) is 5.26 Å². The van der Waals surface area contributed by atoms with Gasteiger partial charge in [-0.1, -0.05) is 6.92 Å². The normalized spacial score (nSPS) is 9.50. The standard InChI is InChI=1S/C10H10N2O2/c1-3-8-4-7(2)10(12(13)14)9(5-8)6-11/h4-5H,3H2,1-2H3. The lowest BCUT2D eigenvalue weighted by Gasteiger charge is -2.02. The molecule has 0 bridgehead atoms. The van der Waals surface area contributed by atoms with Gasteiger partial charge in [-0.05, 0) is 31.0 Å². The van der Waals surface area contributed by atoms with E-state index in [4.69, 9.17) is 5.26 Å². The van der Waals surface area contributed by atoms with Crippen molar-refractivity contribution in [2.24, 2.45) is 0 Å². The molecule has 0 atom stereocenters. The van der Waals surface area contributed by atoms with Gasteiger partial charge in [-0.15, -0.1) is 0 Å². The first-order valence-corrected chi connectivity index (χ1v) is 4.28. The summed E-state index contributed by atoms with van der Waals surface area (Å²) in [6, 6.07) is 5.17. The van der Waals surface area contributed by atoms with Gasteiger partial charge in [-0.3, -0.25) is 10.1 Å². The second-order valence-electron chi connectivity index (χ2n) is 3.03. The van der Waals surface area contributed by atoms with Gasteiger partial charge in [0.25, 0.3) is 5.69 Å². The van der Waals surface area contributed by atoms with Crippen LogP contribution in [0.2, 0.25) is 0 Å². The highest BCUT2D eigenvalue weighted by molar-refractivity contribution is 5.55. The fourth-order valence-electron chi connectivity index (χ4n) is 1.39. The highest BCUT2D eigenvalue weighted by Crippen LogP contribution is 2.24. The van der Waals surface area contributed by atoms with Gasteiger partial charge in [0.15, 0.2) is 0 Å². The number of benzene rings is 1. The summed E-state index contributed by atoms with van der Waals surface area (Å²) in [7, 11) is 0. The molecule has 0 amide bonds. The smallest absolute Gasteiger partial charge is 0.258 e. The highest BCUT2D eigenvalue weighted by atomic mass is 16.6. The van der Waals surface area contributed by atoms with E-state index in [0.717, 1.165) is 12.0 Å². The molecule has 0 radical (unpaired) electrons. The van der Waals surface area contributed by atoms with E-state index >= 15 is 0 Å². The summed E-state index contributed by atoms with van der Waals surface area (Å²) in [6.07, 6.45) is 0.771. The number of nitro benzene ring substituents is 1. The first-order chi connectivity index (χ1) is 6.60. The second kappa shape index (κ2) is 3.88. The van der Waals surface area contributed by atoms with Crippen molar-refractivity contribution in [1.82, 2.24) is 0 Å². The van der Waals surface area contributed by atoms with E-state index in [1.165, 1.54) is 0 Å². The number of hydrogen-bond donors (Lipinski definition) is 0. The maximum Gasteiger partial charge on any atom is 0.289 e. The Morgan fingerprint density at radius 1 is 1.57 bits per heavy atom. The molecule has 14 heavy (non-hydrogen) atoms. The molecule has 0 aromatic heterocycles. The van der Waals surface area contributed by atoms with Crippen LogP contribution in [0.5, 0.6) is 0 Å². The number of nitro groups is 1. The fraction of sp³-hybridized carbons (Fsp3) is 0.300. The van der Waals surface area contributed by atoms with E-state index in [2.05, 4.69) is 0 Å². The zero-order valence-corrected chi connectivity index (χ0v) is 8.07. The van der Waals surface area contributed by atoms with Crippen molar-refractivity contribution in [1.29, 1.82) is 5.26 Å². The van der Waals surface area contributed by atoms with Crippen molar-refractivity contribution in [3.8, 4) is 6.07 Å². The average molecular weight is 190 g/mol. The van der Waals surface area contributed by atoms with E-state index in [1.807, 2.05) is 13.0 Å². The summed E-state index contributed by atoms with van der Waals surface area (Å²) in [5.41, 5.74) is 1.56. The first kappa shape index (κ1) is 10.2. The van der Waals surface area contributed by atoms with Crippen LogP contribution in [-0.4, -0.2) is 4.92 Å². The Morgan fingerprint density at radius 3 is 2.64 bits per heavy atom. The lowest BCUT2D eigenvalue weighted by atomic mass is 10.0. The van der Waals surface area contributed by atoms with Crippen LogP contribution in [0.4, 0.5) is 5.69 Å². The Morgan fingerprint density at radius 2 is 2.21 bits per heavy atom. The predicted octanol–water partition coefficient (Wildman–Crippen LogP) is 2.34. The zero-order chi connectivity index (χ0) is 10.7. The largest absolute Gasteiger partial charge is 0.289 e. The van der Waals surface area contributed by atoms with Crippen molar-refractivity contribution >= 4 is 5.69 Å². The molecule has 0 heterocycles. The molecule has 0 saturated heterocycles. The Labute approximate surface area is 81.9 Å². The minimum Gasteiger partial charge on any atom is -0.258 e. The van der Waals surface area contributed by atoms with Crippen LogP contribution in [0, 0.1) is 28.4 Å². The maximum absolute atomic E-state index is 10.7. The van der Waals surface area contributed by atoms with Crippen LogP contribution in [0.25, 0.3) is 0 Å². The van der Waals surface area contributed by atoms with Crippen LogP contribution >= 0.6 is 0 Å². The Bertz CT molecular complexity index is 419. The molecule has 0 fully saturated rings. The van der Waals surface area contributed by atoms with Crippen LogP contribution in [0.15, 0.2) is 12.1 Å². The molecule has 0 unspecified atom stereocenters. The molecule has 0 saturated carbocycles. The Hall–Kier alpha value is -1.89. The van der Waals surface area contributed by atoms with Gasteiger partial charge in [0, 0.05) is 5.56 Å². The summed E-state index contributed by atoms with van der Waals surface area (Å²) >= 11 is 0. The lowest BCUT2D eigenvalue weighted by molar-refractivity contribution is -0.385. The molecule has 0 aliphatic carbocycles. The molecule has 0 N–H and O–H groups in total. The number of nitriles is 1. The van der Waals surface area contributed by atoms with E-state index < -0.39 is 4.92 Å². The van der Waals surface area contributed by atoms with E-state index in [-0.39, 0.29) is 11.3 Å². The second-order valence-corrected chi connectivity index (χ2v) is 3.03. The number of rotatable bonds is 2. The predicted molar refractivity (Wildman–Crippen MR) is 51.9 cm³/mol. The molecule has 1 aromatic rings. The molecule has 0 aliphatic rings. The number of hydrogen-bond acceptors (Lipinski definition) is 3. The maximum atomic E-state index is 10.7. The van der Waals surface area contributed by atoms with Crippen molar-refractivity contribution in [3.63, 3.8) is 0 Å². The van der Waals surface area contributed by atoms with E-state index in [0.29, 0.717) is 5.56 Å². The van der Waals surface area contributed by atoms with Crippen molar-refractivity contribution < 1.29 is 4.92 Å². The zero-order valence-electron chi connectivity index (χ0n) is 8.07. The van der Waals surface area contributed by atoms with Gasteiger partial charge in [0.1, 0.15) is 11.6 Å². The van der Waals surface area contributed by atoms with Crippen LogP contribution in [-0.2, 0) is 6.42 Å². The molecule has 4 heteroatoms. The van der Waals surface area contributed by atoms with Gasteiger partial charge < -0.3 is 0 Å². The van der Waals surface area contributed by atoms with Crippen molar-refractivity contribution in [2.75, 3.05) is 0 Å². The minimum absolute atomic E-state index is 0.0790. The van der Waals surface area contributed by atoms with Gasteiger partial charge in [0.05, 0.1) is 4.92 Å². The molecule has 4 nitrogen and oxygen atoms in total. The van der Waals surface area contributed by atoms with Crippen molar-refractivity contribution in [3.05, 3.63) is 38.9 Å². The van der Waals surface area contributed by atoms with Gasteiger partial charge in [-0.25, -0.2) is 0 Å².